The minimum absolute atomic E-state index is 0.0656. The van der Waals surface area contributed by atoms with Gasteiger partial charge < -0.3 is 9.84 Å². The quantitative estimate of drug-likeness (QED) is 0.685. The largest absolute Gasteiger partial charge is 0.454 e. The number of non-ortho nitro benzene ring substituents is 1. The van der Waals surface area contributed by atoms with Gasteiger partial charge in [-0.25, -0.2) is 4.39 Å². The molecule has 2 aromatic rings. The molecular formula is C15H14FNO4. The maximum atomic E-state index is 13.9. The first kappa shape index (κ1) is 14.9. The van der Waals surface area contributed by atoms with E-state index < -0.39 is 16.8 Å². The number of nitro groups is 1. The van der Waals surface area contributed by atoms with Crippen molar-refractivity contribution >= 4 is 5.69 Å². The molecule has 0 radical (unpaired) electrons. The zero-order valence-corrected chi connectivity index (χ0v) is 11.5. The van der Waals surface area contributed by atoms with Gasteiger partial charge in [0, 0.05) is 17.7 Å². The minimum atomic E-state index is -0.894. The lowest BCUT2D eigenvalue weighted by Gasteiger charge is -2.15. The SMILES string of the molecule is Cc1cc([N+](=O)[O-])ccc1Oc1c(F)cccc1[C@H](C)O. The molecule has 2 aromatic carbocycles. The number of aliphatic hydroxyl groups excluding tert-OH is 1. The number of halogens is 1. The van der Waals surface area contributed by atoms with Crippen LogP contribution < -0.4 is 4.74 Å². The average Bonchev–Trinajstić information content (AvgIpc) is 2.42. The van der Waals surface area contributed by atoms with Gasteiger partial charge in [-0.15, -0.1) is 0 Å². The Balaban J connectivity index is 2.41. The monoisotopic (exact) mass is 291 g/mol. The first-order valence-electron chi connectivity index (χ1n) is 6.29. The Morgan fingerprint density at radius 3 is 2.62 bits per heavy atom. The molecule has 2 rings (SSSR count). The van der Waals surface area contributed by atoms with Crippen LogP contribution in [0.1, 0.15) is 24.2 Å². The highest BCUT2D eigenvalue weighted by Crippen LogP contribution is 2.34. The Bertz CT molecular complexity index is 685. The highest BCUT2D eigenvalue weighted by atomic mass is 19.1. The predicted octanol–water partition coefficient (Wildman–Crippen LogP) is 3.89. The van der Waals surface area contributed by atoms with E-state index in [1.807, 2.05) is 0 Å². The van der Waals surface area contributed by atoms with Crippen LogP contribution in [0.4, 0.5) is 10.1 Å². The molecule has 0 amide bonds. The Morgan fingerprint density at radius 1 is 1.33 bits per heavy atom. The van der Waals surface area contributed by atoms with Crippen LogP contribution in [0.15, 0.2) is 36.4 Å². The van der Waals surface area contributed by atoms with Gasteiger partial charge in [-0.05, 0) is 31.5 Å². The van der Waals surface area contributed by atoms with E-state index in [2.05, 4.69) is 0 Å². The Hall–Kier alpha value is -2.47. The second kappa shape index (κ2) is 5.88. The van der Waals surface area contributed by atoms with Crippen LogP contribution in [0.3, 0.4) is 0 Å². The summed E-state index contributed by atoms with van der Waals surface area (Å²) in [4.78, 5) is 10.2. The summed E-state index contributed by atoms with van der Waals surface area (Å²) in [5, 5.41) is 20.3. The van der Waals surface area contributed by atoms with Gasteiger partial charge in [0.15, 0.2) is 11.6 Å². The lowest BCUT2D eigenvalue weighted by Crippen LogP contribution is -2.00. The molecule has 0 aliphatic heterocycles. The van der Waals surface area contributed by atoms with Gasteiger partial charge in [0.2, 0.25) is 0 Å². The Labute approximate surface area is 120 Å². The molecule has 5 nitrogen and oxygen atoms in total. The number of benzene rings is 2. The van der Waals surface area contributed by atoms with E-state index in [-0.39, 0.29) is 11.4 Å². The number of ether oxygens (including phenoxy) is 1. The average molecular weight is 291 g/mol. The summed E-state index contributed by atoms with van der Waals surface area (Å²) in [5.74, 6) is -0.386. The number of hydrogen-bond donors (Lipinski definition) is 1. The number of aliphatic hydroxyl groups is 1. The van der Waals surface area contributed by atoms with Crippen LogP contribution in [-0.4, -0.2) is 10.0 Å². The second-order valence-electron chi connectivity index (χ2n) is 4.64. The Morgan fingerprint density at radius 2 is 2.05 bits per heavy atom. The van der Waals surface area contributed by atoms with Crippen LogP contribution >= 0.6 is 0 Å². The minimum Gasteiger partial charge on any atom is -0.454 e. The van der Waals surface area contributed by atoms with Crippen LogP contribution in [0.2, 0.25) is 0 Å². The lowest BCUT2D eigenvalue weighted by atomic mass is 10.1. The van der Waals surface area contributed by atoms with E-state index in [4.69, 9.17) is 4.74 Å². The van der Waals surface area contributed by atoms with Crippen molar-refractivity contribution in [3.05, 3.63) is 63.5 Å². The van der Waals surface area contributed by atoms with Crippen LogP contribution in [0.25, 0.3) is 0 Å². The molecule has 0 aliphatic carbocycles. The number of nitro benzene ring substituents is 1. The van der Waals surface area contributed by atoms with Crippen molar-refractivity contribution in [1.29, 1.82) is 0 Å². The third-order valence-electron chi connectivity index (χ3n) is 3.03. The van der Waals surface area contributed by atoms with E-state index in [9.17, 15) is 19.6 Å². The second-order valence-corrected chi connectivity index (χ2v) is 4.64. The fraction of sp³-hybridized carbons (Fsp3) is 0.200. The van der Waals surface area contributed by atoms with Crippen molar-refractivity contribution in [2.24, 2.45) is 0 Å². The molecule has 0 saturated heterocycles. The third-order valence-corrected chi connectivity index (χ3v) is 3.03. The first-order chi connectivity index (χ1) is 9.90. The summed E-state index contributed by atoms with van der Waals surface area (Å²) in [6.45, 7) is 3.13. The summed E-state index contributed by atoms with van der Waals surface area (Å²) in [6.07, 6.45) is -0.894. The molecule has 0 saturated carbocycles. The van der Waals surface area contributed by atoms with Gasteiger partial charge in [-0.1, -0.05) is 12.1 Å². The molecule has 21 heavy (non-hydrogen) atoms. The molecule has 0 heterocycles. The van der Waals surface area contributed by atoms with Crippen molar-refractivity contribution in [2.75, 3.05) is 0 Å². The topological polar surface area (TPSA) is 72.6 Å². The summed E-state index contributed by atoms with van der Waals surface area (Å²) in [7, 11) is 0. The normalized spacial score (nSPS) is 12.0. The van der Waals surface area contributed by atoms with Crippen LogP contribution in [-0.2, 0) is 0 Å². The maximum absolute atomic E-state index is 13.9. The van der Waals surface area contributed by atoms with Gasteiger partial charge in [-0.3, -0.25) is 10.1 Å². The fourth-order valence-corrected chi connectivity index (χ4v) is 1.93. The molecule has 6 heteroatoms. The van der Waals surface area contributed by atoms with E-state index in [1.165, 1.54) is 37.3 Å². The predicted molar refractivity (Wildman–Crippen MR) is 74.9 cm³/mol. The molecule has 0 aromatic heterocycles. The van der Waals surface area contributed by atoms with E-state index in [0.29, 0.717) is 16.9 Å². The van der Waals surface area contributed by atoms with Gasteiger partial charge in [0.1, 0.15) is 5.75 Å². The van der Waals surface area contributed by atoms with E-state index >= 15 is 0 Å². The van der Waals surface area contributed by atoms with Crippen molar-refractivity contribution < 1.29 is 19.2 Å². The summed E-state index contributed by atoms with van der Waals surface area (Å²) < 4.78 is 19.4. The first-order valence-corrected chi connectivity index (χ1v) is 6.29. The highest BCUT2D eigenvalue weighted by Gasteiger charge is 2.16. The van der Waals surface area contributed by atoms with E-state index in [1.54, 1.807) is 13.0 Å². The molecular weight excluding hydrogens is 277 g/mol. The molecule has 0 spiro atoms. The zero-order valence-electron chi connectivity index (χ0n) is 11.5. The van der Waals surface area contributed by atoms with Crippen molar-refractivity contribution in [2.45, 2.75) is 20.0 Å². The molecule has 1 N–H and O–H groups in total. The van der Waals surface area contributed by atoms with Gasteiger partial charge in [0.05, 0.1) is 11.0 Å². The molecule has 1 atom stereocenters. The summed E-state index contributed by atoms with van der Waals surface area (Å²) >= 11 is 0. The number of aryl methyl sites for hydroxylation is 1. The van der Waals surface area contributed by atoms with Crippen molar-refractivity contribution in [1.82, 2.24) is 0 Å². The summed E-state index contributed by atoms with van der Waals surface area (Å²) in [5.41, 5.74) is 0.751. The molecule has 0 aliphatic rings. The number of nitrogens with zero attached hydrogens (tertiary/aromatic N) is 1. The molecule has 0 unspecified atom stereocenters. The van der Waals surface area contributed by atoms with Gasteiger partial charge in [0.25, 0.3) is 5.69 Å². The standard InChI is InChI=1S/C15H14FNO4/c1-9-8-11(17(19)20)6-7-14(9)21-15-12(10(2)18)4-3-5-13(15)16/h3-8,10,18H,1-2H3/t10-/m0/s1. The fourth-order valence-electron chi connectivity index (χ4n) is 1.93. The smallest absolute Gasteiger partial charge is 0.269 e. The number of rotatable bonds is 4. The maximum Gasteiger partial charge on any atom is 0.269 e. The lowest BCUT2D eigenvalue weighted by molar-refractivity contribution is -0.384. The Kier molecular flexibility index (Phi) is 4.18. The van der Waals surface area contributed by atoms with Gasteiger partial charge in [-0.2, -0.15) is 0 Å². The van der Waals surface area contributed by atoms with Gasteiger partial charge >= 0.3 is 0 Å². The highest BCUT2D eigenvalue weighted by molar-refractivity contribution is 5.47. The van der Waals surface area contributed by atoms with Crippen molar-refractivity contribution in [3.63, 3.8) is 0 Å². The zero-order chi connectivity index (χ0) is 15.6. The van der Waals surface area contributed by atoms with Crippen molar-refractivity contribution in [3.8, 4) is 11.5 Å². The van der Waals surface area contributed by atoms with E-state index in [0.717, 1.165) is 0 Å². The molecule has 0 bridgehead atoms. The number of hydrogen-bond acceptors (Lipinski definition) is 4. The molecule has 0 fully saturated rings. The van der Waals surface area contributed by atoms with Crippen LogP contribution in [0.5, 0.6) is 11.5 Å². The molecule has 110 valence electrons. The number of para-hydroxylation sites is 1. The summed E-state index contributed by atoms with van der Waals surface area (Å²) in [6, 6.07) is 8.30. The van der Waals surface area contributed by atoms with Crippen LogP contribution in [0, 0.1) is 22.9 Å². The third kappa shape index (κ3) is 3.17.